The van der Waals surface area contributed by atoms with Crippen molar-refractivity contribution < 1.29 is 4.74 Å². The van der Waals surface area contributed by atoms with Gasteiger partial charge in [0.05, 0.1) is 19.2 Å². The van der Waals surface area contributed by atoms with Gasteiger partial charge in [-0.2, -0.15) is 5.10 Å². The van der Waals surface area contributed by atoms with Crippen molar-refractivity contribution in [1.29, 1.82) is 0 Å². The Morgan fingerprint density at radius 3 is 2.69 bits per heavy atom. The molecule has 5 nitrogen and oxygen atoms in total. The number of ether oxygens (including phenoxy) is 1. The third kappa shape index (κ3) is 3.90. The largest absolute Gasteiger partial charge is 0.383 e. The van der Waals surface area contributed by atoms with E-state index >= 15 is 0 Å². The first-order chi connectivity index (χ1) is 7.67. The maximum Gasteiger partial charge on any atom is 0.147 e. The molecule has 0 saturated heterocycles. The van der Waals surface area contributed by atoms with Gasteiger partial charge in [-0.15, -0.1) is 0 Å². The van der Waals surface area contributed by atoms with Crippen LogP contribution in [0.1, 0.15) is 25.0 Å². The number of hydrogen-bond donors (Lipinski definition) is 1. The third-order valence-electron chi connectivity index (χ3n) is 2.41. The SMILES string of the molecule is CCCNC(COC)Cn1nc(C)nc1C. The second kappa shape index (κ2) is 6.60. The molecule has 1 rings (SSSR count). The van der Waals surface area contributed by atoms with E-state index in [1.807, 2.05) is 18.5 Å². The van der Waals surface area contributed by atoms with E-state index in [9.17, 15) is 0 Å². The summed E-state index contributed by atoms with van der Waals surface area (Å²) < 4.78 is 7.13. The van der Waals surface area contributed by atoms with Gasteiger partial charge >= 0.3 is 0 Å². The van der Waals surface area contributed by atoms with E-state index in [-0.39, 0.29) is 0 Å². The van der Waals surface area contributed by atoms with E-state index in [4.69, 9.17) is 4.74 Å². The van der Waals surface area contributed by atoms with Crippen molar-refractivity contribution in [2.24, 2.45) is 0 Å². The highest BCUT2D eigenvalue weighted by Gasteiger charge is 2.11. The van der Waals surface area contributed by atoms with Crippen molar-refractivity contribution in [2.75, 3.05) is 20.3 Å². The molecule has 1 heterocycles. The van der Waals surface area contributed by atoms with Crippen LogP contribution in [0.25, 0.3) is 0 Å². The molecular weight excluding hydrogens is 204 g/mol. The maximum absolute atomic E-state index is 5.20. The van der Waals surface area contributed by atoms with Crippen LogP contribution in [0.5, 0.6) is 0 Å². The Kier molecular flexibility index (Phi) is 5.42. The molecule has 1 N–H and O–H groups in total. The third-order valence-corrected chi connectivity index (χ3v) is 2.41. The Morgan fingerprint density at radius 1 is 1.44 bits per heavy atom. The van der Waals surface area contributed by atoms with Crippen molar-refractivity contribution in [3.8, 4) is 0 Å². The van der Waals surface area contributed by atoms with Gasteiger partial charge in [-0.05, 0) is 26.8 Å². The van der Waals surface area contributed by atoms with Gasteiger partial charge in [0.1, 0.15) is 11.6 Å². The highest BCUT2D eigenvalue weighted by molar-refractivity contribution is 4.88. The number of aromatic nitrogens is 3. The summed E-state index contributed by atoms with van der Waals surface area (Å²) in [5, 5.41) is 7.79. The van der Waals surface area contributed by atoms with E-state index in [0.717, 1.165) is 31.2 Å². The lowest BCUT2D eigenvalue weighted by molar-refractivity contribution is 0.156. The first kappa shape index (κ1) is 13.1. The molecule has 0 spiro atoms. The Bertz CT molecular complexity index is 311. The Labute approximate surface area is 97.2 Å². The van der Waals surface area contributed by atoms with Gasteiger partial charge in [0, 0.05) is 7.11 Å². The van der Waals surface area contributed by atoms with Gasteiger partial charge in [-0.1, -0.05) is 6.92 Å². The van der Waals surface area contributed by atoms with Crippen molar-refractivity contribution in [2.45, 2.75) is 39.8 Å². The quantitative estimate of drug-likeness (QED) is 0.751. The number of hydrogen-bond acceptors (Lipinski definition) is 4. The van der Waals surface area contributed by atoms with Gasteiger partial charge in [0.15, 0.2) is 0 Å². The van der Waals surface area contributed by atoms with Gasteiger partial charge in [-0.25, -0.2) is 9.67 Å². The molecule has 0 radical (unpaired) electrons. The van der Waals surface area contributed by atoms with E-state index < -0.39 is 0 Å². The highest BCUT2D eigenvalue weighted by Crippen LogP contribution is 1.99. The van der Waals surface area contributed by atoms with Crippen LogP contribution in [0, 0.1) is 13.8 Å². The maximum atomic E-state index is 5.20. The van der Waals surface area contributed by atoms with Crippen LogP contribution in [-0.2, 0) is 11.3 Å². The van der Waals surface area contributed by atoms with Crippen LogP contribution in [0.15, 0.2) is 0 Å². The first-order valence-corrected chi connectivity index (χ1v) is 5.77. The predicted octanol–water partition coefficient (Wildman–Crippen LogP) is 0.910. The Morgan fingerprint density at radius 2 is 2.19 bits per heavy atom. The predicted molar refractivity (Wildman–Crippen MR) is 63.5 cm³/mol. The summed E-state index contributed by atoms with van der Waals surface area (Å²) in [6.45, 7) is 8.54. The normalized spacial score (nSPS) is 13.0. The summed E-state index contributed by atoms with van der Waals surface area (Å²) in [4.78, 5) is 4.29. The Balaban J connectivity index is 2.56. The molecule has 1 aromatic heterocycles. The zero-order chi connectivity index (χ0) is 12.0. The average molecular weight is 226 g/mol. The molecule has 0 aliphatic carbocycles. The lowest BCUT2D eigenvalue weighted by Gasteiger charge is -2.17. The summed E-state index contributed by atoms with van der Waals surface area (Å²) in [6, 6.07) is 0.296. The first-order valence-electron chi connectivity index (χ1n) is 5.77. The number of aryl methyl sites for hydroxylation is 2. The fraction of sp³-hybridized carbons (Fsp3) is 0.818. The summed E-state index contributed by atoms with van der Waals surface area (Å²) in [5.74, 6) is 1.78. The van der Waals surface area contributed by atoms with Crippen molar-refractivity contribution in [3.63, 3.8) is 0 Å². The molecular formula is C11H22N4O. The molecule has 0 aliphatic rings. The Hall–Kier alpha value is -0.940. The molecule has 92 valence electrons. The van der Waals surface area contributed by atoms with E-state index in [1.54, 1.807) is 7.11 Å². The van der Waals surface area contributed by atoms with Crippen LogP contribution in [0.4, 0.5) is 0 Å². The molecule has 1 unspecified atom stereocenters. The van der Waals surface area contributed by atoms with Crippen molar-refractivity contribution >= 4 is 0 Å². The average Bonchev–Trinajstić information content (AvgIpc) is 2.54. The zero-order valence-electron chi connectivity index (χ0n) is 10.7. The van der Waals surface area contributed by atoms with Gasteiger partial charge < -0.3 is 10.1 Å². The fourth-order valence-electron chi connectivity index (χ4n) is 1.67. The van der Waals surface area contributed by atoms with Crippen LogP contribution in [0.3, 0.4) is 0 Å². The summed E-state index contributed by atoms with van der Waals surface area (Å²) in [6.07, 6.45) is 1.12. The number of nitrogens with zero attached hydrogens (tertiary/aromatic N) is 3. The molecule has 0 saturated carbocycles. The zero-order valence-corrected chi connectivity index (χ0v) is 10.7. The van der Waals surface area contributed by atoms with Crippen LogP contribution >= 0.6 is 0 Å². The molecule has 5 heteroatoms. The van der Waals surface area contributed by atoms with Crippen molar-refractivity contribution in [1.82, 2.24) is 20.1 Å². The summed E-state index contributed by atoms with van der Waals surface area (Å²) in [7, 11) is 1.72. The topological polar surface area (TPSA) is 52.0 Å². The molecule has 0 aliphatic heterocycles. The highest BCUT2D eigenvalue weighted by atomic mass is 16.5. The molecule has 0 fully saturated rings. The van der Waals surface area contributed by atoms with E-state index in [2.05, 4.69) is 22.3 Å². The lowest BCUT2D eigenvalue weighted by Crippen LogP contribution is -2.38. The van der Waals surface area contributed by atoms with Crippen LogP contribution in [0.2, 0.25) is 0 Å². The molecule has 16 heavy (non-hydrogen) atoms. The molecule has 0 aromatic carbocycles. The summed E-state index contributed by atoms with van der Waals surface area (Å²) >= 11 is 0. The standard InChI is InChI=1S/C11H22N4O/c1-5-6-12-11(8-16-4)7-15-10(3)13-9(2)14-15/h11-12H,5-8H2,1-4H3. The van der Waals surface area contributed by atoms with Crippen LogP contribution < -0.4 is 5.32 Å². The number of methoxy groups -OCH3 is 1. The second-order valence-electron chi connectivity index (χ2n) is 3.99. The molecule has 1 aromatic rings. The van der Waals surface area contributed by atoms with Crippen LogP contribution in [-0.4, -0.2) is 41.1 Å². The molecule has 1 atom stereocenters. The van der Waals surface area contributed by atoms with Crippen molar-refractivity contribution in [3.05, 3.63) is 11.6 Å². The number of rotatable bonds is 7. The number of nitrogens with one attached hydrogen (secondary N) is 1. The molecule has 0 bridgehead atoms. The minimum Gasteiger partial charge on any atom is -0.383 e. The smallest absolute Gasteiger partial charge is 0.147 e. The molecule has 0 amide bonds. The van der Waals surface area contributed by atoms with Gasteiger partial charge in [0.2, 0.25) is 0 Å². The lowest BCUT2D eigenvalue weighted by atomic mass is 10.3. The fourth-order valence-corrected chi connectivity index (χ4v) is 1.67. The minimum atomic E-state index is 0.296. The monoisotopic (exact) mass is 226 g/mol. The van der Waals surface area contributed by atoms with Gasteiger partial charge in [0.25, 0.3) is 0 Å². The second-order valence-corrected chi connectivity index (χ2v) is 3.99. The summed E-state index contributed by atoms with van der Waals surface area (Å²) in [5.41, 5.74) is 0. The van der Waals surface area contributed by atoms with E-state index in [0.29, 0.717) is 12.6 Å². The van der Waals surface area contributed by atoms with E-state index in [1.165, 1.54) is 0 Å². The minimum absolute atomic E-state index is 0.296. The van der Waals surface area contributed by atoms with Gasteiger partial charge in [-0.3, -0.25) is 0 Å².